The molecule has 0 unspecified atom stereocenters. The molecule has 0 saturated heterocycles. The first-order valence-corrected chi connectivity index (χ1v) is 5.92. The van der Waals surface area contributed by atoms with Crippen LogP contribution in [0.2, 0.25) is 0 Å². The molecule has 0 bridgehead atoms. The normalized spacial score (nSPS) is 27.7. The Bertz CT molecular complexity index is 248. The van der Waals surface area contributed by atoms with Gasteiger partial charge in [0.15, 0.2) is 0 Å². The predicted octanol–water partition coefficient (Wildman–Crippen LogP) is 1.94. The Morgan fingerprint density at radius 2 is 2.00 bits per heavy atom. The number of nitrogens with two attached hydrogens (primary N) is 1. The second-order valence-corrected chi connectivity index (χ2v) is 4.59. The van der Waals surface area contributed by atoms with Gasteiger partial charge in [-0.25, -0.2) is 0 Å². The van der Waals surface area contributed by atoms with Crippen LogP contribution in [-0.2, 0) is 4.79 Å². The van der Waals surface area contributed by atoms with Gasteiger partial charge in [-0.3, -0.25) is 4.79 Å². The highest BCUT2D eigenvalue weighted by atomic mass is 35.5. The maximum absolute atomic E-state index is 10.9. The molecule has 1 fully saturated rings. The highest BCUT2D eigenvalue weighted by Crippen LogP contribution is 2.24. The van der Waals surface area contributed by atoms with Crippen LogP contribution in [-0.4, -0.2) is 18.5 Å². The van der Waals surface area contributed by atoms with E-state index in [1.54, 1.807) is 0 Å². The Morgan fingerprint density at radius 1 is 1.40 bits per heavy atom. The van der Waals surface area contributed by atoms with Crippen molar-refractivity contribution in [1.82, 2.24) is 5.32 Å². The Balaban J connectivity index is 2.23. The van der Waals surface area contributed by atoms with Gasteiger partial charge in [0.1, 0.15) is 0 Å². The monoisotopic (exact) mass is 250 g/mol. The SMILES string of the molecule is NC(=O)C1CCC(NCC(Cl)=CCl)CC1. The maximum Gasteiger partial charge on any atom is 0.220 e. The van der Waals surface area contributed by atoms with Crippen LogP contribution in [0.5, 0.6) is 0 Å². The Kier molecular flexibility index (Phi) is 5.43. The highest BCUT2D eigenvalue weighted by Gasteiger charge is 2.24. The number of hydrogen-bond acceptors (Lipinski definition) is 2. The lowest BCUT2D eigenvalue weighted by Gasteiger charge is -2.27. The van der Waals surface area contributed by atoms with Crippen LogP contribution in [0.1, 0.15) is 25.7 Å². The van der Waals surface area contributed by atoms with Gasteiger partial charge in [0.2, 0.25) is 5.91 Å². The van der Waals surface area contributed by atoms with Gasteiger partial charge >= 0.3 is 0 Å². The number of carbonyl (C=O) groups excluding carboxylic acids is 1. The van der Waals surface area contributed by atoms with Crippen molar-refractivity contribution >= 4 is 29.1 Å². The first kappa shape index (κ1) is 12.8. The van der Waals surface area contributed by atoms with E-state index in [9.17, 15) is 4.79 Å². The molecule has 0 aromatic heterocycles. The molecule has 0 aliphatic heterocycles. The standard InChI is InChI=1S/C10H16Cl2N2O/c11-5-8(12)6-14-9-3-1-7(2-4-9)10(13)15/h5,7,9,14H,1-4,6H2,(H2,13,15). The predicted molar refractivity (Wildman–Crippen MR) is 62.7 cm³/mol. The molecule has 86 valence electrons. The number of rotatable bonds is 4. The molecule has 3 nitrogen and oxygen atoms in total. The summed E-state index contributed by atoms with van der Waals surface area (Å²) in [5.74, 6) is -0.116. The van der Waals surface area contributed by atoms with E-state index in [-0.39, 0.29) is 11.8 Å². The summed E-state index contributed by atoms with van der Waals surface area (Å²) in [6.07, 6.45) is 3.69. The van der Waals surface area contributed by atoms with Gasteiger partial charge in [0, 0.05) is 29.1 Å². The molecule has 0 spiro atoms. The molecule has 15 heavy (non-hydrogen) atoms. The zero-order valence-electron chi connectivity index (χ0n) is 8.51. The third-order valence-electron chi connectivity index (χ3n) is 2.81. The van der Waals surface area contributed by atoms with Crippen molar-refractivity contribution in [2.24, 2.45) is 11.7 Å². The first-order chi connectivity index (χ1) is 7.13. The third-order valence-corrected chi connectivity index (χ3v) is 3.43. The molecule has 1 aliphatic carbocycles. The average Bonchev–Trinajstić information content (AvgIpc) is 2.26. The van der Waals surface area contributed by atoms with E-state index < -0.39 is 0 Å². The number of halogens is 2. The van der Waals surface area contributed by atoms with E-state index in [0.717, 1.165) is 25.7 Å². The van der Waals surface area contributed by atoms with E-state index in [2.05, 4.69) is 5.32 Å². The van der Waals surface area contributed by atoms with Gasteiger partial charge in [-0.2, -0.15) is 0 Å². The van der Waals surface area contributed by atoms with Gasteiger partial charge in [-0.05, 0) is 25.7 Å². The first-order valence-electron chi connectivity index (χ1n) is 5.11. The molecule has 0 atom stereocenters. The summed E-state index contributed by atoms with van der Waals surface area (Å²) in [5, 5.41) is 3.90. The minimum Gasteiger partial charge on any atom is -0.369 e. The summed E-state index contributed by atoms with van der Waals surface area (Å²) >= 11 is 11.2. The fourth-order valence-electron chi connectivity index (χ4n) is 1.86. The molecule has 3 N–H and O–H groups in total. The van der Waals surface area contributed by atoms with Gasteiger partial charge in [0.25, 0.3) is 0 Å². The van der Waals surface area contributed by atoms with E-state index in [1.165, 1.54) is 5.54 Å². The largest absolute Gasteiger partial charge is 0.369 e. The second-order valence-electron chi connectivity index (χ2n) is 3.89. The minimum atomic E-state index is -0.174. The summed E-state index contributed by atoms with van der Waals surface area (Å²) in [6, 6.07) is 0.422. The minimum absolute atomic E-state index is 0.0575. The molecular formula is C10H16Cl2N2O. The summed E-state index contributed by atoms with van der Waals surface area (Å²) in [5.41, 5.74) is 6.61. The van der Waals surface area contributed by atoms with Crippen LogP contribution in [0.3, 0.4) is 0 Å². The van der Waals surface area contributed by atoms with E-state index in [0.29, 0.717) is 17.6 Å². The van der Waals surface area contributed by atoms with E-state index in [1.807, 2.05) is 0 Å². The van der Waals surface area contributed by atoms with E-state index >= 15 is 0 Å². The van der Waals surface area contributed by atoms with Gasteiger partial charge < -0.3 is 11.1 Å². The molecule has 1 aliphatic rings. The quantitative estimate of drug-likeness (QED) is 0.802. The van der Waals surface area contributed by atoms with Crippen molar-refractivity contribution in [3.05, 3.63) is 10.6 Å². The topological polar surface area (TPSA) is 55.1 Å². The maximum atomic E-state index is 10.9. The number of primary amides is 1. The average molecular weight is 251 g/mol. The molecule has 0 radical (unpaired) electrons. The van der Waals surface area contributed by atoms with Gasteiger partial charge in [-0.15, -0.1) is 0 Å². The third kappa shape index (κ3) is 4.41. The van der Waals surface area contributed by atoms with Gasteiger partial charge in [-0.1, -0.05) is 23.2 Å². The Hall–Kier alpha value is -0.250. The number of hydrogen-bond donors (Lipinski definition) is 2. The van der Waals surface area contributed by atoms with Crippen molar-refractivity contribution in [3.63, 3.8) is 0 Å². The Morgan fingerprint density at radius 3 is 2.47 bits per heavy atom. The second kappa shape index (κ2) is 6.36. The Labute approximate surface area is 100.0 Å². The van der Waals surface area contributed by atoms with Gasteiger partial charge in [0.05, 0.1) is 0 Å². The van der Waals surface area contributed by atoms with Crippen molar-refractivity contribution in [2.75, 3.05) is 6.54 Å². The lowest BCUT2D eigenvalue weighted by atomic mass is 9.85. The van der Waals surface area contributed by atoms with Crippen LogP contribution >= 0.6 is 23.2 Å². The lowest BCUT2D eigenvalue weighted by Crippen LogP contribution is -2.37. The highest BCUT2D eigenvalue weighted by molar-refractivity contribution is 6.36. The van der Waals surface area contributed by atoms with Crippen molar-refractivity contribution in [3.8, 4) is 0 Å². The molecule has 1 rings (SSSR count). The fourth-order valence-corrected chi connectivity index (χ4v) is 2.02. The van der Waals surface area contributed by atoms with E-state index in [4.69, 9.17) is 28.9 Å². The summed E-state index contributed by atoms with van der Waals surface area (Å²) in [6.45, 7) is 0.594. The molecule has 1 amide bonds. The van der Waals surface area contributed by atoms with Crippen LogP contribution < -0.4 is 11.1 Å². The fraction of sp³-hybridized carbons (Fsp3) is 0.700. The zero-order valence-corrected chi connectivity index (χ0v) is 10.0. The molecule has 5 heteroatoms. The zero-order chi connectivity index (χ0) is 11.3. The van der Waals surface area contributed by atoms with Crippen molar-refractivity contribution in [1.29, 1.82) is 0 Å². The molecule has 0 aromatic rings. The van der Waals surface area contributed by atoms with Crippen LogP contribution in [0, 0.1) is 5.92 Å². The number of carbonyl (C=O) groups is 1. The number of amides is 1. The summed E-state index contributed by atoms with van der Waals surface area (Å²) < 4.78 is 0. The molecule has 0 heterocycles. The molecular weight excluding hydrogens is 235 g/mol. The van der Waals surface area contributed by atoms with Crippen molar-refractivity contribution < 1.29 is 4.79 Å². The molecule has 0 aromatic carbocycles. The van der Waals surface area contributed by atoms with Crippen LogP contribution in [0.15, 0.2) is 10.6 Å². The van der Waals surface area contributed by atoms with Crippen molar-refractivity contribution in [2.45, 2.75) is 31.7 Å². The summed E-state index contributed by atoms with van der Waals surface area (Å²) in [4.78, 5) is 10.9. The van der Waals surface area contributed by atoms with Crippen LogP contribution in [0.25, 0.3) is 0 Å². The molecule has 1 saturated carbocycles. The number of nitrogens with one attached hydrogen (secondary N) is 1. The van der Waals surface area contributed by atoms with Crippen LogP contribution in [0.4, 0.5) is 0 Å². The summed E-state index contributed by atoms with van der Waals surface area (Å²) in [7, 11) is 0. The smallest absolute Gasteiger partial charge is 0.220 e. The lowest BCUT2D eigenvalue weighted by molar-refractivity contribution is -0.122.